The van der Waals surface area contributed by atoms with Crippen LogP contribution in [-0.4, -0.2) is 25.5 Å². The molecule has 0 unspecified atom stereocenters. The molecule has 1 amide bonds. The van der Waals surface area contributed by atoms with Gasteiger partial charge in [-0.2, -0.15) is 10.2 Å². The third-order valence-corrected chi connectivity index (χ3v) is 5.13. The van der Waals surface area contributed by atoms with Gasteiger partial charge in [0.15, 0.2) is 0 Å². The molecule has 0 atom stereocenters. The number of aryl methyl sites for hydroxylation is 2. The van der Waals surface area contributed by atoms with E-state index in [1.807, 2.05) is 45.9 Å². The van der Waals surface area contributed by atoms with Gasteiger partial charge in [-0.05, 0) is 67.3 Å². The first-order valence-corrected chi connectivity index (χ1v) is 10.4. The Hall–Kier alpha value is -3.81. The number of nitrogens with one attached hydrogen (secondary N) is 1. The lowest BCUT2D eigenvalue weighted by Gasteiger charge is -2.13. The van der Waals surface area contributed by atoms with Gasteiger partial charge in [-0.25, -0.2) is 13.8 Å². The molecular weight excluding hydrogens is 409 g/mol. The molecule has 4 aromatic rings. The van der Waals surface area contributed by atoms with Gasteiger partial charge in [0, 0.05) is 11.1 Å². The number of anilines is 1. The number of nitrogens with zero attached hydrogens (tertiary/aromatic N) is 4. The summed E-state index contributed by atoms with van der Waals surface area (Å²) in [6, 6.07) is 11.5. The topological polar surface area (TPSA) is 81.8 Å². The summed E-state index contributed by atoms with van der Waals surface area (Å²) in [7, 11) is 0. The van der Waals surface area contributed by atoms with Crippen molar-refractivity contribution in [3.63, 3.8) is 0 Å². The second kappa shape index (κ2) is 8.37. The molecule has 7 nitrogen and oxygen atoms in total. The third-order valence-electron chi connectivity index (χ3n) is 5.13. The Morgan fingerprint density at radius 2 is 1.75 bits per heavy atom. The van der Waals surface area contributed by atoms with Gasteiger partial charge in [0.25, 0.3) is 5.56 Å². The first kappa shape index (κ1) is 21.4. The second-order valence-corrected chi connectivity index (χ2v) is 8.22. The summed E-state index contributed by atoms with van der Waals surface area (Å²) < 4.78 is 16.0. The van der Waals surface area contributed by atoms with E-state index in [1.165, 1.54) is 16.8 Å². The Labute approximate surface area is 184 Å². The van der Waals surface area contributed by atoms with Crippen LogP contribution in [0.5, 0.6) is 0 Å². The zero-order valence-electron chi connectivity index (χ0n) is 18.4. The highest BCUT2D eigenvalue weighted by atomic mass is 19.1. The van der Waals surface area contributed by atoms with Crippen molar-refractivity contribution in [2.45, 2.75) is 40.2 Å². The zero-order valence-corrected chi connectivity index (χ0v) is 18.4. The molecule has 0 saturated heterocycles. The highest BCUT2D eigenvalue weighted by Gasteiger charge is 2.20. The summed E-state index contributed by atoms with van der Waals surface area (Å²) in [6.45, 7) is 7.58. The quantitative estimate of drug-likeness (QED) is 0.514. The Morgan fingerprint density at radius 1 is 1.09 bits per heavy atom. The van der Waals surface area contributed by atoms with Crippen molar-refractivity contribution in [1.29, 1.82) is 0 Å². The maximum Gasteiger partial charge on any atom is 0.293 e. The normalized spacial score (nSPS) is 11.3. The van der Waals surface area contributed by atoms with E-state index in [9.17, 15) is 14.0 Å². The standard InChI is InChI=1S/C24H24FN5O2/c1-14(2)22-20-12-26-30(19-7-5-17(25)6-8-19)23(20)24(32)29(28-22)13-21(31)27-18-10-15(3)9-16(4)11-18/h5-12,14H,13H2,1-4H3,(H,27,31). The first-order valence-electron chi connectivity index (χ1n) is 10.4. The smallest absolute Gasteiger partial charge is 0.293 e. The van der Waals surface area contributed by atoms with E-state index in [2.05, 4.69) is 15.5 Å². The number of benzene rings is 2. The number of amides is 1. The highest BCUT2D eigenvalue weighted by molar-refractivity contribution is 5.91. The van der Waals surface area contributed by atoms with Crippen LogP contribution in [0.1, 0.15) is 36.6 Å². The molecular formula is C24H24FN5O2. The third kappa shape index (κ3) is 4.16. The van der Waals surface area contributed by atoms with Crippen molar-refractivity contribution in [3.8, 4) is 5.69 Å². The van der Waals surface area contributed by atoms with E-state index in [4.69, 9.17) is 0 Å². The molecule has 0 radical (unpaired) electrons. The zero-order chi connectivity index (χ0) is 23.0. The molecule has 32 heavy (non-hydrogen) atoms. The van der Waals surface area contributed by atoms with Crippen LogP contribution < -0.4 is 10.9 Å². The van der Waals surface area contributed by atoms with Crippen molar-refractivity contribution in [2.75, 3.05) is 5.32 Å². The molecule has 2 aromatic heterocycles. The Kier molecular flexibility index (Phi) is 5.61. The van der Waals surface area contributed by atoms with E-state index < -0.39 is 5.56 Å². The van der Waals surface area contributed by atoms with Crippen LogP contribution in [0.2, 0.25) is 0 Å². The van der Waals surface area contributed by atoms with Gasteiger partial charge < -0.3 is 5.32 Å². The van der Waals surface area contributed by atoms with Gasteiger partial charge >= 0.3 is 0 Å². The van der Waals surface area contributed by atoms with Crippen LogP contribution in [0.15, 0.2) is 53.5 Å². The van der Waals surface area contributed by atoms with Crippen LogP contribution in [0, 0.1) is 19.7 Å². The number of rotatable bonds is 5. The predicted molar refractivity (Wildman–Crippen MR) is 122 cm³/mol. The van der Waals surface area contributed by atoms with Crippen molar-refractivity contribution in [3.05, 3.63) is 81.7 Å². The van der Waals surface area contributed by atoms with Crippen molar-refractivity contribution in [2.24, 2.45) is 0 Å². The maximum absolute atomic E-state index is 13.4. The number of hydrogen-bond donors (Lipinski definition) is 1. The summed E-state index contributed by atoms with van der Waals surface area (Å²) in [5.74, 6) is -0.737. The molecule has 4 rings (SSSR count). The van der Waals surface area contributed by atoms with Crippen molar-refractivity contribution >= 4 is 22.5 Å². The summed E-state index contributed by atoms with van der Waals surface area (Å²) in [4.78, 5) is 26.0. The predicted octanol–water partition coefficient (Wildman–Crippen LogP) is 4.10. The maximum atomic E-state index is 13.4. The van der Waals surface area contributed by atoms with E-state index >= 15 is 0 Å². The minimum atomic E-state index is -0.443. The molecule has 164 valence electrons. The number of aromatic nitrogens is 4. The van der Waals surface area contributed by atoms with Gasteiger partial charge in [-0.3, -0.25) is 9.59 Å². The van der Waals surface area contributed by atoms with Crippen LogP contribution >= 0.6 is 0 Å². The van der Waals surface area contributed by atoms with Gasteiger partial charge in [0.1, 0.15) is 17.9 Å². The van der Waals surface area contributed by atoms with Gasteiger partial charge in [0.05, 0.1) is 17.6 Å². The molecule has 0 saturated carbocycles. The minimum Gasteiger partial charge on any atom is -0.324 e. The van der Waals surface area contributed by atoms with E-state index in [-0.39, 0.29) is 24.2 Å². The van der Waals surface area contributed by atoms with Gasteiger partial charge in [-0.15, -0.1) is 0 Å². The molecule has 0 fully saturated rings. The largest absolute Gasteiger partial charge is 0.324 e. The average Bonchev–Trinajstić information content (AvgIpc) is 3.15. The summed E-state index contributed by atoms with van der Waals surface area (Å²) in [5, 5.41) is 12.3. The van der Waals surface area contributed by atoms with E-state index in [0.717, 1.165) is 15.8 Å². The molecule has 0 bridgehead atoms. The van der Waals surface area contributed by atoms with Crippen molar-refractivity contribution in [1.82, 2.24) is 19.6 Å². The molecule has 0 aliphatic rings. The molecule has 0 aliphatic carbocycles. The average molecular weight is 433 g/mol. The number of carbonyl (C=O) groups excluding carboxylic acids is 1. The summed E-state index contributed by atoms with van der Waals surface area (Å²) in [6.07, 6.45) is 1.59. The Bertz CT molecular complexity index is 1350. The molecule has 0 spiro atoms. The van der Waals surface area contributed by atoms with Gasteiger partial charge in [0.2, 0.25) is 5.91 Å². The first-order chi connectivity index (χ1) is 15.2. The van der Waals surface area contributed by atoms with E-state index in [0.29, 0.717) is 28.0 Å². The van der Waals surface area contributed by atoms with Crippen LogP contribution in [-0.2, 0) is 11.3 Å². The molecule has 8 heteroatoms. The lowest BCUT2D eigenvalue weighted by atomic mass is 10.1. The fraction of sp³-hybridized carbons (Fsp3) is 0.250. The molecule has 0 aliphatic heterocycles. The fourth-order valence-corrected chi connectivity index (χ4v) is 3.79. The monoisotopic (exact) mass is 433 g/mol. The molecule has 1 N–H and O–H groups in total. The number of halogens is 1. The van der Waals surface area contributed by atoms with E-state index in [1.54, 1.807) is 18.3 Å². The molecule has 2 aromatic carbocycles. The second-order valence-electron chi connectivity index (χ2n) is 8.22. The Balaban J connectivity index is 1.76. The number of hydrogen-bond acceptors (Lipinski definition) is 4. The van der Waals surface area contributed by atoms with Crippen LogP contribution in [0.25, 0.3) is 16.6 Å². The van der Waals surface area contributed by atoms with Crippen LogP contribution in [0.3, 0.4) is 0 Å². The summed E-state index contributed by atoms with van der Waals surface area (Å²) in [5.41, 5.74) is 3.79. The van der Waals surface area contributed by atoms with Crippen LogP contribution in [0.4, 0.5) is 10.1 Å². The SMILES string of the molecule is Cc1cc(C)cc(NC(=O)Cn2nc(C(C)C)c3cnn(-c4ccc(F)cc4)c3c2=O)c1. The fourth-order valence-electron chi connectivity index (χ4n) is 3.79. The lowest BCUT2D eigenvalue weighted by Crippen LogP contribution is -2.31. The minimum absolute atomic E-state index is 0.00213. The highest BCUT2D eigenvalue weighted by Crippen LogP contribution is 2.23. The molecule has 2 heterocycles. The lowest BCUT2D eigenvalue weighted by molar-refractivity contribution is -0.117. The van der Waals surface area contributed by atoms with Gasteiger partial charge in [-0.1, -0.05) is 19.9 Å². The Morgan fingerprint density at radius 3 is 2.38 bits per heavy atom. The summed E-state index contributed by atoms with van der Waals surface area (Å²) >= 11 is 0. The van der Waals surface area contributed by atoms with Crippen molar-refractivity contribution < 1.29 is 9.18 Å². The number of carbonyl (C=O) groups is 1. The number of fused-ring (bicyclic) bond motifs is 1.